The van der Waals surface area contributed by atoms with Crippen LogP contribution in [-0.2, 0) is 4.74 Å². The predicted octanol–water partition coefficient (Wildman–Crippen LogP) is 10.5. The first-order valence-corrected chi connectivity index (χ1v) is 16.0. The summed E-state index contributed by atoms with van der Waals surface area (Å²) in [5, 5.41) is 0. The molecule has 0 aliphatic heterocycles. The van der Waals surface area contributed by atoms with Gasteiger partial charge in [0.15, 0.2) is 5.90 Å². The molecule has 1 fully saturated rings. The molecule has 35 heavy (non-hydrogen) atoms. The third-order valence-electron chi connectivity index (χ3n) is 5.67. The molecule has 0 amide bonds. The van der Waals surface area contributed by atoms with Crippen LogP contribution in [0, 0.1) is 5.92 Å². The highest BCUT2D eigenvalue weighted by molar-refractivity contribution is 9.10. The average molecular weight is 652 g/mol. The molecule has 0 bridgehead atoms. The number of halogens is 2. The quantitative estimate of drug-likeness (QED) is 0.0715. The molecule has 0 radical (unpaired) electrons. The fourth-order valence-corrected chi connectivity index (χ4v) is 8.25. The van der Waals surface area contributed by atoms with E-state index >= 15 is 0 Å². The topological polar surface area (TPSA) is 21.6 Å². The van der Waals surface area contributed by atoms with Crippen molar-refractivity contribution in [1.82, 2.24) is 0 Å². The Morgan fingerprint density at radius 3 is 2.00 bits per heavy atom. The highest BCUT2D eigenvalue weighted by Crippen LogP contribution is 2.40. The molecule has 3 aromatic carbocycles. The summed E-state index contributed by atoms with van der Waals surface area (Å²) in [5.74, 6) is 1.48. The van der Waals surface area contributed by atoms with E-state index in [0.717, 1.165) is 32.8 Å². The first kappa shape index (κ1) is 27.2. The molecule has 0 saturated heterocycles. The van der Waals surface area contributed by atoms with E-state index in [9.17, 15) is 0 Å². The van der Waals surface area contributed by atoms with Crippen LogP contribution in [-0.4, -0.2) is 17.1 Å². The van der Waals surface area contributed by atoms with Crippen LogP contribution in [0.1, 0.15) is 38.5 Å². The molecule has 1 saturated carbocycles. The summed E-state index contributed by atoms with van der Waals surface area (Å²) in [7, 11) is 0. The number of benzene rings is 3. The monoisotopic (exact) mass is 649 g/mol. The van der Waals surface area contributed by atoms with Crippen LogP contribution in [0.15, 0.2) is 107 Å². The number of hydrogen-bond acceptors (Lipinski definition) is 5. The Bertz CT molecular complexity index is 1040. The van der Waals surface area contributed by atoms with E-state index in [1.54, 1.807) is 0 Å². The van der Waals surface area contributed by atoms with Gasteiger partial charge >= 0.3 is 0 Å². The minimum absolute atomic E-state index is 0.222. The van der Waals surface area contributed by atoms with Gasteiger partial charge in [-0.2, -0.15) is 4.40 Å². The molecular weight excluding hydrogens is 622 g/mol. The van der Waals surface area contributed by atoms with Crippen molar-refractivity contribution < 1.29 is 4.74 Å². The van der Waals surface area contributed by atoms with Crippen LogP contribution in [0.4, 0.5) is 0 Å². The molecule has 2 nitrogen and oxygen atoms in total. The molecule has 4 rings (SSSR count). The zero-order valence-corrected chi connectivity index (χ0v) is 25.1. The van der Waals surface area contributed by atoms with Crippen LogP contribution >= 0.6 is 67.3 Å². The summed E-state index contributed by atoms with van der Waals surface area (Å²) in [5.41, 5.74) is 0. The fraction of sp³-hybridized carbons (Fsp3) is 0.321. The van der Waals surface area contributed by atoms with Crippen molar-refractivity contribution in [2.75, 3.05) is 6.61 Å². The van der Waals surface area contributed by atoms with E-state index in [-0.39, 0.29) is 4.58 Å². The van der Waals surface area contributed by atoms with Gasteiger partial charge in [0.2, 0.25) is 0 Å². The molecule has 184 valence electrons. The number of hydrogen-bond donors (Lipinski definition) is 0. The van der Waals surface area contributed by atoms with Crippen LogP contribution < -0.4 is 0 Å². The third-order valence-corrected chi connectivity index (χ3v) is 9.93. The van der Waals surface area contributed by atoms with Gasteiger partial charge in [-0.3, -0.25) is 0 Å². The van der Waals surface area contributed by atoms with Gasteiger partial charge in [-0.25, -0.2) is 0 Å². The summed E-state index contributed by atoms with van der Waals surface area (Å²) in [6, 6.07) is 27.3. The SMILES string of the molecule is Brc1cccc(SC(CC(=NSc2ccccc2)OCC2CCCCC2)Sc2cccc(Br)c2)c1. The largest absolute Gasteiger partial charge is 0.480 e. The highest BCUT2D eigenvalue weighted by Gasteiger charge is 2.20. The third kappa shape index (κ3) is 9.84. The van der Waals surface area contributed by atoms with E-state index in [1.165, 1.54) is 53.8 Å². The van der Waals surface area contributed by atoms with Gasteiger partial charge in [0.05, 0.1) is 11.2 Å². The second kappa shape index (κ2) is 14.8. The Morgan fingerprint density at radius 2 is 1.40 bits per heavy atom. The van der Waals surface area contributed by atoms with Gasteiger partial charge in [0.25, 0.3) is 0 Å². The maximum atomic E-state index is 6.44. The number of thioether (sulfide) groups is 2. The van der Waals surface area contributed by atoms with Crippen LogP contribution in [0.3, 0.4) is 0 Å². The summed E-state index contributed by atoms with van der Waals surface area (Å²) >= 11 is 12.5. The predicted molar refractivity (Wildman–Crippen MR) is 161 cm³/mol. The van der Waals surface area contributed by atoms with Crippen LogP contribution in [0.5, 0.6) is 0 Å². The van der Waals surface area contributed by atoms with Crippen molar-refractivity contribution in [2.24, 2.45) is 10.3 Å². The Morgan fingerprint density at radius 1 is 0.800 bits per heavy atom. The zero-order chi connectivity index (χ0) is 24.3. The van der Waals surface area contributed by atoms with Gasteiger partial charge in [0, 0.05) is 42.0 Å². The molecule has 0 heterocycles. The first-order chi connectivity index (χ1) is 17.1. The second-order valence-electron chi connectivity index (χ2n) is 8.49. The lowest BCUT2D eigenvalue weighted by Crippen LogP contribution is -2.18. The van der Waals surface area contributed by atoms with E-state index in [0.29, 0.717) is 5.92 Å². The van der Waals surface area contributed by atoms with Crippen molar-refractivity contribution in [3.8, 4) is 0 Å². The molecule has 0 atom stereocenters. The van der Waals surface area contributed by atoms with E-state index in [4.69, 9.17) is 9.13 Å². The summed E-state index contributed by atoms with van der Waals surface area (Å²) in [4.78, 5) is 3.59. The fourth-order valence-electron chi connectivity index (χ4n) is 3.91. The van der Waals surface area contributed by atoms with Gasteiger partial charge < -0.3 is 4.74 Å². The Kier molecular flexibility index (Phi) is 11.5. The van der Waals surface area contributed by atoms with Crippen molar-refractivity contribution in [2.45, 2.75) is 57.8 Å². The van der Waals surface area contributed by atoms with E-state index < -0.39 is 0 Å². The lowest BCUT2D eigenvalue weighted by Gasteiger charge is -2.23. The summed E-state index contributed by atoms with van der Waals surface area (Å²) < 4.78 is 13.8. The molecule has 0 aromatic heterocycles. The van der Waals surface area contributed by atoms with Gasteiger partial charge in [0.1, 0.15) is 0 Å². The smallest absolute Gasteiger partial charge is 0.197 e. The lowest BCUT2D eigenvalue weighted by molar-refractivity contribution is 0.196. The maximum Gasteiger partial charge on any atom is 0.197 e. The lowest BCUT2D eigenvalue weighted by atomic mass is 9.90. The Labute approximate surface area is 238 Å². The molecular formula is C28H29Br2NOS3. The molecule has 0 spiro atoms. The number of ether oxygens (including phenoxy) is 1. The standard InChI is InChI=1S/C28H29Br2NOS3/c29-22-11-7-15-25(17-22)33-28(34-26-16-8-12-23(30)18-26)19-27(31-35-24-13-5-2-6-14-24)32-20-21-9-3-1-4-10-21/h2,5-8,11-18,21,28H,1,3-4,9-10,19-20H2. The first-order valence-electron chi connectivity index (χ1n) is 11.9. The summed E-state index contributed by atoms with van der Waals surface area (Å²) in [6.07, 6.45) is 7.28. The molecule has 0 N–H and O–H groups in total. The van der Waals surface area contributed by atoms with Crippen LogP contribution in [0.25, 0.3) is 0 Å². The highest BCUT2D eigenvalue weighted by atomic mass is 79.9. The Balaban J connectivity index is 1.52. The second-order valence-corrected chi connectivity index (χ2v) is 14.0. The molecule has 7 heteroatoms. The van der Waals surface area contributed by atoms with Gasteiger partial charge in [-0.15, -0.1) is 23.5 Å². The van der Waals surface area contributed by atoms with Crippen molar-refractivity contribution in [3.05, 3.63) is 87.8 Å². The van der Waals surface area contributed by atoms with Gasteiger partial charge in [-0.1, -0.05) is 81.5 Å². The molecule has 1 aliphatic carbocycles. The zero-order valence-electron chi connectivity index (χ0n) is 19.4. The van der Waals surface area contributed by atoms with E-state index in [2.05, 4.69) is 105 Å². The van der Waals surface area contributed by atoms with Gasteiger partial charge in [-0.05, 0) is 67.3 Å². The van der Waals surface area contributed by atoms with Crippen molar-refractivity contribution >= 4 is 73.2 Å². The van der Waals surface area contributed by atoms with Crippen LogP contribution in [0.2, 0.25) is 0 Å². The Hall–Kier alpha value is -0.860. The summed E-state index contributed by atoms with van der Waals surface area (Å²) in [6.45, 7) is 0.768. The minimum Gasteiger partial charge on any atom is -0.480 e. The number of nitrogens with zero attached hydrogens (tertiary/aromatic N) is 1. The maximum absolute atomic E-state index is 6.44. The van der Waals surface area contributed by atoms with E-state index in [1.807, 2.05) is 29.6 Å². The molecule has 1 aliphatic rings. The molecule has 0 unspecified atom stereocenters. The minimum atomic E-state index is 0.222. The number of rotatable bonds is 10. The average Bonchev–Trinajstić information content (AvgIpc) is 2.87. The normalized spacial score (nSPS) is 14.9. The van der Waals surface area contributed by atoms with Crippen molar-refractivity contribution in [3.63, 3.8) is 0 Å². The molecule has 3 aromatic rings. The van der Waals surface area contributed by atoms with Crippen molar-refractivity contribution in [1.29, 1.82) is 0 Å².